The van der Waals surface area contributed by atoms with Crippen LogP contribution in [-0.4, -0.2) is 36.5 Å². The monoisotopic (exact) mass is 360 g/mol. The predicted molar refractivity (Wildman–Crippen MR) is 95.4 cm³/mol. The SMILES string of the molecule is COc1cc(C)c(C)cc1NC(=O)NC1(c2nc(C)no2)CCOCC1. The first-order chi connectivity index (χ1) is 12.4. The van der Waals surface area contributed by atoms with Crippen molar-refractivity contribution < 1.29 is 18.8 Å². The molecule has 0 saturated carbocycles. The fourth-order valence-electron chi connectivity index (χ4n) is 3.03. The topological polar surface area (TPSA) is 98.5 Å². The molecule has 1 aliphatic rings. The number of anilines is 1. The molecule has 1 aromatic carbocycles. The maximum absolute atomic E-state index is 12.7. The molecule has 2 aromatic rings. The van der Waals surface area contributed by atoms with E-state index in [0.29, 0.717) is 49.2 Å². The third-order valence-electron chi connectivity index (χ3n) is 4.70. The van der Waals surface area contributed by atoms with Gasteiger partial charge in [0.05, 0.1) is 12.8 Å². The summed E-state index contributed by atoms with van der Waals surface area (Å²) in [5.41, 5.74) is 2.03. The molecule has 0 bridgehead atoms. The number of urea groups is 1. The molecule has 1 saturated heterocycles. The summed E-state index contributed by atoms with van der Waals surface area (Å²) >= 11 is 0. The molecule has 26 heavy (non-hydrogen) atoms. The Kier molecular flexibility index (Phi) is 5.13. The Balaban J connectivity index is 1.82. The van der Waals surface area contributed by atoms with Crippen LogP contribution >= 0.6 is 0 Å². The van der Waals surface area contributed by atoms with Crippen LogP contribution in [0.2, 0.25) is 0 Å². The summed E-state index contributed by atoms with van der Waals surface area (Å²) in [5.74, 6) is 1.54. The van der Waals surface area contributed by atoms with Crippen LogP contribution in [0, 0.1) is 20.8 Å². The van der Waals surface area contributed by atoms with E-state index in [2.05, 4.69) is 20.8 Å². The van der Waals surface area contributed by atoms with Crippen molar-refractivity contribution in [3.8, 4) is 5.75 Å². The van der Waals surface area contributed by atoms with Crippen molar-refractivity contribution in [1.82, 2.24) is 15.5 Å². The van der Waals surface area contributed by atoms with Gasteiger partial charge in [0.1, 0.15) is 11.3 Å². The number of carbonyl (C=O) groups excluding carboxylic acids is 1. The van der Waals surface area contributed by atoms with Gasteiger partial charge in [0.25, 0.3) is 5.89 Å². The van der Waals surface area contributed by atoms with Gasteiger partial charge in [-0.05, 0) is 44.0 Å². The highest BCUT2D eigenvalue weighted by Crippen LogP contribution is 2.32. The fraction of sp³-hybridized carbons (Fsp3) is 0.500. The number of hydrogen-bond donors (Lipinski definition) is 2. The summed E-state index contributed by atoms with van der Waals surface area (Å²) in [7, 11) is 1.58. The summed E-state index contributed by atoms with van der Waals surface area (Å²) in [6, 6.07) is 3.43. The zero-order chi connectivity index (χ0) is 18.7. The van der Waals surface area contributed by atoms with Gasteiger partial charge in [0, 0.05) is 26.1 Å². The van der Waals surface area contributed by atoms with E-state index >= 15 is 0 Å². The van der Waals surface area contributed by atoms with Gasteiger partial charge in [-0.3, -0.25) is 0 Å². The van der Waals surface area contributed by atoms with Gasteiger partial charge in [0.2, 0.25) is 0 Å². The highest BCUT2D eigenvalue weighted by molar-refractivity contribution is 5.91. The van der Waals surface area contributed by atoms with Crippen molar-refractivity contribution in [3.63, 3.8) is 0 Å². The Morgan fingerprint density at radius 2 is 1.88 bits per heavy atom. The number of amides is 2. The van der Waals surface area contributed by atoms with Crippen molar-refractivity contribution in [2.75, 3.05) is 25.6 Å². The number of benzene rings is 1. The highest BCUT2D eigenvalue weighted by atomic mass is 16.5. The van der Waals surface area contributed by atoms with Gasteiger partial charge < -0.3 is 24.6 Å². The van der Waals surface area contributed by atoms with Gasteiger partial charge in [0.15, 0.2) is 5.82 Å². The molecule has 0 aliphatic carbocycles. The van der Waals surface area contributed by atoms with Crippen LogP contribution in [0.3, 0.4) is 0 Å². The van der Waals surface area contributed by atoms with Crippen LogP contribution in [0.15, 0.2) is 16.7 Å². The third kappa shape index (κ3) is 3.65. The first-order valence-electron chi connectivity index (χ1n) is 8.56. The number of hydrogen-bond acceptors (Lipinski definition) is 6. The zero-order valence-electron chi connectivity index (χ0n) is 15.5. The molecule has 2 heterocycles. The van der Waals surface area contributed by atoms with Crippen molar-refractivity contribution in [2.24, 2.45) is 0 Å². The van der Waals surface area contributed by atoms with Crippen molar-refractivity contribution in [2.45, 2.75) is 39.2 Å². The van der Waals surface area contributed by atoms with Crippen LogP contribution in [0.4, 0.5) is 10.5 Å². The summed E-state index contributed by atoms with van der Waals surface area (Å²) < 4.78 is 16.2. The number of nitrogens with zero attached hydrogens (tertiary/aromatic N) is 2. The van der Waals surface area contributed by atoms with E-state index in [1.807, 2.05) is 26.0 Å². The minimum atomic E-state index is -0.740. The number of methoxy groups -OCH3 is 1. The second-order valence-corrected chi connectivity index (χ2v) is 6.56. The summed E-state index contributed by atoms with van der Waals surface area (Å²) in [6.45, 7) is 6.75. The smallest absolute Gasteiger partial charge is 0.320 e. The number of aryl methyl sites for hydroxylation is 3. The summed E-state index contributed by atoms with van der Waals surface area (Å²) in [6.07, 6.45) is 1.12. The minimum Gasteiger partial charge on any atom is -0.495 e. The number of aromatic nitrogens is 2. The number of carbonyl (C=O) groups is 1. The van der Waals surface area contributed by atoms with E-state index in [1.54, 1.807) is 14.0 Å². The minimum absolute atomic E-state index is 0.357. The first kappa shape index (κ1) is 18.2. The Labute approximate surface area is 152 Å². The molecular formula is C18H24N4O4. The molecule has 0 atom stereocenters. The molecule has 1 aliphatic heterocycles. The van der Waals surface area contributed by atoms with Crippen LogP contribution in [0.25, 0.3) is 0 Å². The Hall–Kier alpha value is -2.61. The maximum Gasteiger partial charge on any atom is 0.320 e. The Morgan fingerprint density at radius 1 is 1.19 bits per heavy atom. The molecule has 2 N–H and O–H groups in total. The largest absolute Gasteiger partial charge is 0.495 e. The molecular weight excluding hydrogens is 336 g/mol. The second kappa shape index (κ2) is 7.33. The van der Waals surface area contributed by atoms with Crippen molar-refractivity contribution >= 4 is 11.7 Å². The van der Waals surface area contributed by atoms with Gasteiger partial charge in [-0.15, -0.1) is 0 Å². The van der Waals surface area contributed by atoms with Crippen LogP contribution < -0.4 is 15.4 Å². The quantitative estimate of drug-likeness (QED) is 0.870. The number of nitrogens with one attached hydrogen (secondary N) is 2. The maximum atomic E-state index is 12.7. The normalized spacial score (nSPS) is 16.2. The first-order valence-corrected chi connectivity index (χ1v) is 8.56. The van der Waals surface area contributed by atoms with E-state index in [1.165, 1.54) is 0 Å². The lowest BCUT2D eigenvalue weighted by Gasteiger charge is -2.34. The van der Waals surface area contributed by atoms with Crippen LogP contribution in [0.5, 0.6) is 5.75 Å². The third-order valence-corrected chi connectivity index (χ3v) is 4.70. The molecule has 8 heteroatoms. The average molecular weight is 360 g/mol. The Bertz CT molecular complexity index is 796. The number of ether oxygens (including phenoxy) is 2. The lowest BCUT2D eigenvalue weighted by atomic mass is 9.90. The Morgan fingerprint density at radius 3 is 2.50 bits per heavy atom. The molecule has 0 unspecified atom stereocenters. The average Bonchev–Trinajstić information content (AvgIpc) is 3.06. The molecule has 1 aromatic heterocycles. The summed E-state index contributed by atoms with van der Waals surface area (Å²) in [5, 5.41) is 9.74. The van der Waals surface area contributed by atoms with E-state index in [0.717, 1.165) is 11.1 Å². The van der Waals surface area contributed by atoms with Gasteiger partial charge in [-0.2, -0.15) is 4.98 Å². The fourth-order valence-corrected chi connectivity index (χ4v) is 3.03. The predicted octanol–water partition coefficient (Wildman–Crippen LogP) is 2.83. The lowest BCUT2D eigenvalue weighted by Crippen LogP contribution is -2.51. The van der Waals surface area contributed by atoms with Gasteiger partial charge in [-0.25, -0.2) is 4.79 Å². The van der Waals surface area contributed by atoms with Crippen molar-refractivity contribution in [1.29, 1.82) is 0 Å². The van der Waals surface area contributed by atoms with Crippen LogP contribution in [-0.2, 0) is 10.3 Å². The van der Waals surface area contributed by atoms with Gasteiger partial charge >= 0.3 is 6.03 Å². The molecule has 8 nitrogen and oxygen atoms in total. The molecule has 1 fully saturated rings. The highest BCUT2D eigenvalue weighted by Gasteiger charge is 2.41. The zero-order valence-corrected chi connectivity index (χ0v) is 15.5. The molecule has 2 amide bonds. The molecule has 140 valence electrons. The van der Waals surface area contributed by atoms with Crippen LogP contribution in [0.1, 0.15) is 35.7 Å². The van der Waals surface area contributed by atoms with E-state index < -0.39 is 5.54 Å². The molecule has 0 spiro atoms. The van der Waals surface area contributed by atoms with E-state index in [4.69, 9.17) is 14.0 Å². The second-order valence-electron chi connectivity index (χ2n) is 6.56. The van der Waals surface area contributed by atoms with Crippen molar-refractivity contribution in [3.05, 3.63) is 35.0 Å². The van der Waals surface area contributed by atoms with E-state index in [-0.39, 0.29) is 6.03 Å². The molecule has 0 radical (unpaired) electrons. The lowest BCUT2D eigenvalue weighted by molar-refractivity contribution is 0.0285. The number of rotatable bonds is 4. The standard InChI is InChI=1S/C18H24N4O4/c1-11-9-14(15(24-4)10-12(11)2)20-17(23)21-18(5-7-25-8-6-18)16-19-13(3)22-26-16/h9-10H,5-8H2,1-4H3,(H2,20,21,23). The van der Waals surface area contributed by atoms with Gasteiger partial charge in [-0.1, -0.05) is 5.16 Å². The van der Waals surface area contributed by atoms with E-state index in [9.17, 15) is 4.79 Å². The molecule has 3 rings (SSSR count). The summed E-state index contributed by atoms with van der Waals surface area (Å²) in [4.78, 5) is 17.0.